The first kappa shape index (κ1) is 26.5. The van der Waals surface area contributed by atoms with Crippen molar-refractivity contribution in [1.29, 1.82) is 0 Å². The van der Waals surface area contributed by atoms with Crippen molar-refractivity contribution in [2.75, 3.05) is 0 Å². The second-order valence-corrected chi connectivity index (χ2v) is 13.2. The topological polar surface area (TPSA) is 35.1 Å². The van der Waals surface area contributed by atoms with Crippen LogP contribution < -0.4 is 0 Å². The second kappa shape index (κ2) is 13.4. The number of aromatic nitrogens is 4. The maximum Gasteiger partial charge on any atom is 0.145 e. The van der Waals surface area contributed by atoms with E-state index >= 15 is 0 Å². The predicted molar refractivity (Wildman–Crippen MR) is 222 cm³/mol. The summed E-state index contributed by atoms with van der Waals surface area (Å²) in [6.45, 7) is 0. The Morgan fingerprint density at radius 3 is 1.83 bits per heavy atom. The minimum absolute atomic E-state index is 0.149. The molecule has 3 aromatic heterocycles. The maximum atomic E-state index is 8.90. The van der Waals surface area contributed by atoms with Crippen LogP contribution in [0.15, 0.2) is 206 Å². The van der Waals surface area contributed by atoms with Crippen LogP contribution in [0.5, 0.6) is 0 Å². The molecule has 0 amide bonds. The summed E-state index contributed by atoms with van der Waals surface area (Å²) in [5.74, 6) is 0.818. The Morgan fingerprint density at radius 1 is 0.426 bits per heavy atom. The van der Waals surface area contributed by atoms with Crippen LogP contribution >= 0.6 is 0 Å². The zero-order chi connectivity index (χ0) is 40.2. The lowest BCUT2D eigenvalue weighted by Crippen LogP contribution is -1.98. The van der Waals surface area contributed by atoms with E-state index in [-0.39, 0.29) is 29.7 Å². The molecule has 0 aliphatic rings. The van der Waals surface area contributed by atoms with Crippen molar-refractivity contribution >= 4 is 16.7 Å². The predicted octanol–water partition coefficient (Wildman–Crippen LogP) is 12.7. The number of pyridine rings is 1. The smallest absolute Gasteiger partial charge is 0.145 e. The lowest BCUT2D eigenvalue weighted by atomic mass is 9.92. The first-order valence-corrected chi connectivity index (χ1v) is 17.8. The van der Waals surface area contributed by atoms with E-state index in [0.717, 1.165) is 78.5 Å². The zero-order valence-electron chi connectivity index (χ0n) is 34.0. The average molecular weight is 696 g/mol. The summed E-state index contributed by atoms with van der Waals surface area (Å²) in [6, 6.07) is 55.1. The van der Waals surface area contributed by atoms with Crippen LogP contribution in [0.3, 0.4) is 0 Å². The summed E-state index contributed by atoms with van der Waals surface area (Å²) in [5.41, 5.74) is 12.6. The van der Waals surface area contributed by atoms with Crippen molar-refractivity contribution in [2.24, 2.45) is 0 Å². The molecule has 4 heteroatoms. The van der Waals surface area contributed by atoms with Gasteiger partial charge < -0.3 is 0 Å². The van der Waals surface area contributed by atoms with Crippen LogP contribution in [0, 0.1) is 0 Å². The van der Waals surface area contributed by atoms with Gasteiger partial charge in [0.2, 0.25) is 0 Å². The number of hydrogen-bond donors (Lipinski definition) is 0. The molecule has 0 saturated carbocycles. The molecule has 3 heterocycles. The number of benzene rings is 7. The number of nitrogens with zero attached hydrogens (tertiary/aromatic N) is 4. The third-order valence-corrected chi connectivity index (χ3v) is 9.82. The molecule has 0 atom stereocenters. The number of para-hydroxylation sites is 2. The second-order valence-electron chi connectivity index (χ2n) is 13.2. The molecular weight excluding hydrogens is 657 g/mol. The van der Waals surface area contributed by atoms with Crippen LogP contribution in [0.25, 0.3) is 89.7 Å². The summed E-state index contributed by atoms with van der Waals surface area (Å²) in [6.07, 6.45) is 2.03. The van der Waals surface area contributed by atoms with Gasteiger partial charge in [-0.05, 0) is 88.0 Å². The van der Waals surface area contributed by atoms with Crippen molar-refractivity contribution in [1.82, 2.24) is 18.9 Å². The summed E-state index contributed by atoms with van der Waals surface area (Å²) in [5, 5.41) is 0. The number of rotatable bonds is 7. The fourth-order valence-electron chi connectivity index (χ4n) is 7.28. The highest BCUT2D eigenvalue weighted by molar-refractivity contribution is 5.87. The molecule has 10 rings (SSSR count). The van der Waals surface area contributed by atoms with Gasteiger partial charge in [0.1, 0.15) is 11.5 Å². The van der Waals surface area contributed by atoms with Gasteiger partial charge in [0.05, 0.1) is 29.3 Å². The monoisotopic (exact) mass is 695 g/mol. The highest BCUT2D eigenvalue weighted by Crippen LogP contribution is 2.37. The van der Waals surface area contributed by atoms with E-state index in [1.807, 2.05) is 103 Å². The minimum Gasteiger partial charge on any atom is -0.299 e. The Morgan fingerprint density at radius 2 is 1.06 bits per heavy atom. The normalized spacial score (nSPS) is 12.6. The van der Waals surface area contributed by atoms with Crippen LogP contribution in [-0.4, -0.2) is 18.9 Å². The van der Waals surface area contributed by atoms with Gasteiger partial charge in [-0.1, -0.05) is 145 Å². The van der Waals surface area contributed by atoms with Crippen LogP contribution in [0.1, 0.15) is 6.85 Å². The first-order valence-electron chi connectivity index (χ1n) is 20.3. The van der Waals surface area contributed by atoms with Gasteiger partial charge in [-0.2, -0.15) is 0 Å². The Labute approximate surface area is 321 Å². The van der Waals surface area contributed by atoms with E-state index in [9.17, 15) is 0 Å². The number of fused-ring (bicyclic) bond motifs is 2. The highest BCUT2D eigenvalue weighted by Gasteiger charge is 2.18. The molecule has 4 nitrogen and oxygen atoms in total. The van der Waals surface area contributed by atoms with Gasteiger partial charge in [-0.15, -0.1) is 0 Å². The standard InChI is InChI=1S/C50H34N4/c1-4-15-35(16-5-1)41-31-42(36-26-28-37(29-27-36)48-49(38-17-6-2-7-18-38)53-30-13-12-25-47(53)52-48)33-43(32-41)40-21-14-22-44(34-40)54-46-24-11-10-23-45(46)51-50(54)39-19-8-3-9-20-39/h1-34H/i1D,4D,5D,15D,16D. The van der Waals surface area contributed by atoms with Crippen LogP contribution in [0.4, 0.5) is 0 Å². The fourth-order valence-corrected chi connectivity index (χ4v) is 7.28. The van der Waals surface area contributed by atoms with Crippen molar-refractivity contribution in [2.45, 2.75) is 0 Å². The van der Waals surface area contributed by atoms with E-state index in [1.54, 1.807) is 0 Å². The summed E-state index contributed by atoms with van der Waals surface area (Å²) >= 11 is 0. The fraction of sp³-hybridized carbons (Fsp3) is 0. The quantitative estimate of drug-likeness (QED) is 0.166. The van der Waals surface area contributed by atoms with Crippen molar-refractivity contribution in [3.8, 4) is 73.0 Å². The molecule has 0 unspecified atom stereocenters. The van der Waals surface area contributed by atoms with Crippen molar-refractivity contribution in [3.05, 3.63) is 206 Å². The van der Waals surface area contributed by atoms with Gasteiger partial charge in [-0.3, -0.25) is 8.97 Å². The van der Waals surface area contributed by atoms with E-state index in [1.165, 1.54) is 0 Å². The molecule has 0 aliphatic heterocycles. The van der Waals surface area contributed by atoms with Gasteiger partial charge >= 0.3 is 0 Å². The molecule has 0 fully saturated rings. The van der Waals surface area contributed by atoms with E-state index in [0.29, 0.717) is 5.56 Å². The Hall–Kier alpha value is -7.30. The van der Waals surface area contributed by atoms with Crippen molar-refractivity contribution in [3.63, 3.8) is 0 Å². The minimum atomic E-state index is -0.424. The average Bonchev–Trinajstić information content (AvgIpc) is 3.88. The Balaban J connectivity index is 1.14. The molecule has 0 radical (unpaired) electrons. The largest absolute Gasteiger partial charge is 0.299 e. The molecule has 0 saturated heterocycles. The SMILES string of the molecule is [2H]c1c([2H])c([2H])c(-c2cc(-c3ccc(-c4nc5ccccn5c4-c4ccccc4)cc3)cc(-c3cccc(-n4c(-c5ccccc5)nc5ccccc54)c3)c2)c([2H])c1[2H]. The lowest BCUT2D eigenvalue weighted by Gasteiger charge is -2.14. The number of imidazole rings is 2. The van der Waals surface area contributed by atoms with Gasteiger partial charge in [0, 0.05) is 28.6 Å². The molecule has 0 aliphatic carbocycles. The van der Waals surface area contributed by atoms with Gasteiger partial charge in [0.25, 0.3) is 0 Å². The molecule has 7 aromatic carbocycles. The zero-order valence-corrected chi connectivity index (χ0v) is 29.0. The molecule has 54 heavy (non-hydrogen) atoms. The van der Waals surface area contributed by atoms with E-state index < -0.39 is 6.04 Å². The molecule has 10 aromatic rings. The summed E-state index contributed by atoms with van der Waals surface area (Å²) in [4.78, 5) is 10.1. The molecule has 0 N–H and O–H groups in total. The van der Waals surface area contributed by atoms with Gasteiger partial charge in [-0.25, -0.2) is 9.97 Å². The molecular formula is C50H34N4. The van der Waals surface area contributed by atoms with Crippen LogP contribution in [0.2, 0.25) is 0 Å². The van der Waals surface area contributed by atoms with E-state index in [4.69, 9.17) is 16.8 Å². The van der Waals surface area contributed by atoms with E-state index in [2.05, 4.69) is 81.8 Å². The third-order valence-electron chi connectivity index (χ3n) is 9.82. The molecule has 0 bridgehead atoms. The van der Waals surface area contributed by atoms with Crippen LogP contribution in [-0.2, 0) is 0 Å². The highest BCUT2D eigenvalue weighted by atomic mass is 15.1. The Bertz CT molecular complexity index is 3180. The summed E-state index contributed by atoms with van der Waals surface area (Å²) in [7, 11) is 0. The number of hydrogen-bond acceptors (Lipinski definition) is 2. The summed E-state index contributed by atoms with van der Waals surface area (Å²) < 4.78 is 47.3. The lowest BCUT2D eigenvalue weighted by molar-refractivity contribution is 1.10. The first-order chi connectivity index (χ1) is 28.8. The molecule has 0 spiro atoms. The Kier molecular flexibility index (Phi) is 6.54. The van der Waals surface area contributed by atoms with Gasteiger partial charge in [0.15, 0.2) is 0 Å². The van der Waals surface area contributed by atoms with Crippen molar-refractivity contribution < 1.29 is 6.85 Å². The third kappa shape index (κ3) is 5.67. The molecule has 254 valence electrons. The maximum absolute atomic E-state index is 8.90.